The Morgan fingerprint density at radius 3 is 2.46 bits per heavy atom. The van der Waals surface area contributed by atoms with Crippen LogP contribution in [0.25, 0.3) is 0 Å². The maximum atomic E-state index is 11.7. The normalized spacial score (nSPS) is 13.6. The minimum absolute atomic E-state index is 0.00779. The Hall–Kier alpha value is -2.77. The van der Waals surface area contributed by atoms with Gasteiger partial charge in [-0.3, -0.25) is 14.5 Å². The van der Waals surface area contributed by atoms with Crippen LogP contribution < -0.4 is 20.1 Å². The van der Waals surface area contributed by atoms with Gasteiger partial charge in [0, 0.05) is 13.1 Å². The van der Waals surface area contributed by atoms with Gasteiger partial charge in [-0.25, -0.2) is 4.79 Å². The summed E-state index contributed by atoms with van der Waals surface area (Å²) >= 11 is 0. The molecule has 0 saturated carbocycles. The van der Waals surface area contributed by atoms with Crippen molar-refractivity contribution in [3.8, 4) is 11.5 Å². The molecule has 1 saturated heterocycles. The smallest absolute Gasteiger partial charge is 0.324 e. The Labute approximate surface area is 140 Å². The number of carbonyl (C=O) groups excluding carboxylic acids is 3. The zero-order valence-corrected chi connectivity index (χ0v) is 13.5. The second-order valence-corrected chi connectivity index (χ2v) is 5.16. The zero-order valence-electron chi connectivity index (χ0n) is 13.5. The van der Waals surface area contributed by atoms with Crippen molar-refractivity contribution in [2.45, 2.75) is 13.3 Å². The van der Waals surface area contributed by atoms with Crippen LogP contribution in [-0.2, 0) is 9.59 Å². The number of ether oxygens (including phenoxy) is 2. The molecule has 1 aromatic rings. The summed E-state index contributed by atoms with van der Waals surface area (Å²) in [7, 11) is 0. The van der Waals surface area contributed by atoms with Crippen molar-refractivity contribution in [3.63, 3.8) is 0 Å². The lowest BCUT2D eigenvalue weighted by Crippen LogP contribution is -2.39. The minimum atomic E-state index is -0.434. The van der Waals surface area contributed by atoms with Gasteiger partial charge in [0.1, 0.15) is 11.5 Å². The van der Waals surface area contributed by atoms with Crippen LogP contribution in [-0.4, -0.2) is 55.6 Å². The summed E-state index contributed by atoms with van der Waals surface area (Å²) in [5.74, 6) is 0.689. The standard InChI is InChI=1S/C16H21N3O5/c1-2-9-23-12-3-5-13(6-4-12)24-11-14(20)17-7-8-19-15(21)10-18-16(19)22/h3-6H,2,7-11H2,1H3,(H,17,20)(H,18,22). The van der Waals surface area contributed by atoms with Gasteiger partial charge in [-0.15, -0.1) is 0 Å². The second-order valence-electron chi connectivity index (χ2n) is 5.16. The predicted octanol–water partition coefficient (Wildman–Crippen LogP) is 0.522. The van der Waals surface area contributed by atoms with Gasteiger partial charge in [0.15, 0.2) is 6.61 Å². The molecule has 130 valence electrons. The number of amides is 4. The summed E-state index contributed by atoms with van der Waals surface area (Å²) < 4.78 is 10.8. The van der Waals surface area contributed by atoms with E-state index in [2.05, 4.69) is 10.6 Å². The Bertz CT molecular complexity index is 572. The minimum Gasteiger partial charge on any atom is -0.494 e. The fraction of sp³-hybridized carbons (Fsp3) is 0.438. The Morgan fingerprint density at radius 2 is 1.88 bits per heavy atom. The van der Waals surface area contributed by atoms with Gasteiger partial charge >= 0.3 is 6.03 Å². The molecule has 1 heterocycles. The third-order valence-corrected chi connectivity index (χ3v) is 3.26. The Morgan fingerprint density at radius 1 is 1.21 bits per heavy atom. The molecule has 2 N–H and O–H groups in total. The lowest BCUT2D eigenvalue weighted by molar-refractivity contribution is -0.126. The summed E-state index contributed by atoms with van der Waals surface area (Å²) in [5, 5.41) is 5.01. The van der Waals surface area contributed by atoms with E-state index < -0.39 is 6.03 Å². The zero-order chi connectivity index (χ0) is 17.4. The van der Waals surface area contributed by atoms with Crippen LogP contribution in [0.5, 0.6) is 11.5 Å². The Kier molecular flexibility index (Phi) is 6.41. The van der Waals surface area contributed by atoms with Crippen molar-refractivity contribution in [1.82, 2.24) is 15.5 Å². The van der Waals surface area contributed by atoms with E-state index in [9.17, 15) is 14.4 Å². The van der Waals surface area contributed by atoms with E-state index in [0.717, 1.165) is 17.1 Å². The molecule has 1 aliphatic heterocycles. The number of hydrogen-bond donors (Lipinski definition) is 2. The first-order valence-corrected chi connectivity index (χ1v) is 7.80. The van der Waals surface area contributed by atoms with Crippen LogP contribution in [0, 0.1) is 0 Å². The van der Waals surface area contributed by atoms with Gasteiger partial charge in [-0.2, -0.15) is 0 Å². The molecule has 0 unspecified atom stereocenters. The highest BCUT2D eigenvalue weighted by atomic mass is 16.5. The number of hydrogen-bond acceptors (Lipinski definition) is 5. The number of carbonyl (C=O) groups is 3. The average Bonchev–Trinajstić information content (AvgIpc) is 2.91. The molecule has 8 heteroatoms. The first-order chi connectivity index (χ1) is 11.6. The molecule has 0 spiro atoms. The molecule has 1 aliphatic rings. The molecular formula is C16H21N3O5. The molecule has 1 fully saturated rings. The van der Waals surface area contributed by atoms with E-state index in [0.29, 0.717) is 12.4 Å². The highest BCUT2D eigenvalue weighted by Gasteiger charge is 2.27. The van der Waals surface area contributed by atoms with Crippen LogP contribution in [0.1, 0.15) is 13.3 Å². The van der Waals surface area contributed by atoms with Gasteiger partial charge in [0.05, 0.1) is 13.2 Å². The van der Waals surface area contributed by atoms with E-state index >= 15 is 0 Å². The monoisotopic (exact) mass is 335 g/mol. The first-order valence-electron chi connectivity index (χ1n) is 7.80. The average molecular weight is 335 g/mol. The molecule has 0 radical (unpaired) electrons. The summed E-state index contributed by atoms with van der Waals surface area (Å²) in [4.78, 5) is 35.4. The van der Waals surface area contributed by atoms with Crippen molar-refractivity contribution >= 4 is 17.8 Å². The van der Waals surface area contributed by atoms with E-state index in [4.69, 9.17) is 9.47 Å². The van der Waals surface area contributed by atoms with Gasteiger partial charge < -0.3 is 20.1 Å². The molecule has 1 aromatic carbocycles. The van der Waals surface area contributed by atoms with Gasteiger partial charge in [-0.05, 0) is 30.7 Å². The molecule has 2 rings (SSSR count). The molecule has 8 nitrogen and oxygen atoms in total. The van der Waals surface area contributed by atoms with E-state index in [1.807, 2.05) is 6.92 Å². The number of imide groups is 1. The van der Waals surface area contributed by atoms with Gasteiger partial charge in [0.25, 0.3) is 5.91 Å². The van der Waals surface area contributed by atoms with Crippen LogP contribution >= 0.6 is 0 Å². The number of urea groups is 1. The lowest BCUT2D eigenvalue weighted by Gasteiger charge is -2.13. The topological polar surface area (TPSA) is 97.0 Å². The Balaban J connectivity index is 1.65. The fourth-order valence-electron chi connectivity index (χ4n) is 2.04. The number of benzene rings is 1. The third-order valence-electron chi connectivity index (χ3n) is 3.26. The van der Waals surface area contributed by atoms with Crippen molar-refractivity contribution in [1.29, 1.82) is 0 Å². The van der Waals surface area contributed by atoms with E-state index in [1.54, 1.807) is 24.3 Å². The number of nitrogens with zero attached hydrogens (tertiary/aromatic N) is 1. The molecule has 0 aromatic heterocycles. The predicted molar refractivity (Wildman–Crippen MR) is 85.8 cm³/mol. The number of nitrogens with one attached hydrogen (secondary N) is 2. The molecule has 4 amide bonds. The van der Waals surface area contributed by atoms with Crippen molar-refractivity contribution in [3.05, 3.63) is 24.3 Å². The van der Waals surface area contributed by atoms with E-state index in [-0.39, 0.29) is 38.1 Å². The second kappa shape index (κ2) is 8.76. The fourth-order valence-corrected chi connectivity index (χ4v) is 2.04. The molecular weight excluding hydrogens is 314 g/mol. The quantitative estimate of drug-likeness (QED) is 0.641. The van der Waals surface area contributed by atoms with Crippen molar-refractivity contribution in [2.24, 2.45) is 0 Å². The third kappa shape index (κ3) is 5.15. The highest BCUT2D eigenvalue weighted by Crippen LogP contribution is 2.17. The number of rotatable bonds is 9. The summed E-state index contributed by atoms with van der Waals surface area (Å²) in [6.45, 7) is 2.87. The summed E-state index contributed by atoms with van der Waals surface area (Å²) in [5.41, 5.74) is 0. The van der Waals surface area contributed by atoms with Crippen molar-refractivity contribution < 1.29 is 23.9 Å². The largest absolute Gasteiger partial charge is 0.494 e. The molecule has 0 bridgehead atoms. The molecule has 24 heavy (non-hydrogen) atoms. The maximum absolute atomic E-state index is 11.7. The molecule has 0 aliphatic carbocycles. The summed E-state index contributed by atoms with van der Waals surface area (Å²) in [6, 6.07) is 6.58. The summed E-state index contributed by atoms with van der Waals surface area (Å²) in [6.07, 6.45) is 0.934. The van der Waals surface area contributed by atoms with Gasteiger partial charge in [0.2, 0.25) is 5.91 Å². The van der Waals surface area contributed by atoms with Crippen molar-refractivity contribution in [2.75, 3.05) is 32.8 Å². The highest BCUT2D eigenvalue weighted by molar-refractivity contribution is 6.01. The van der Waals surface area contributed by atoms with Crippen LogP contribution in [0.15, 0.2) is 24.3 Å². The SMILES string of the molecule is CCCOc1ccc(OCC(=O)NCCN2C(=O)CNC2=O)cc1. The first kappa shape index (κ1) is 17.6. The van der Waals surface area contributed by atoms with E-state index in [1.165, 1.54) is 0 Å². The maximum Gasteiger partial charge on any atom is 0.324 e. The molecule has 0 atom stereocenters. The lowest BCUT2D eigenvalue weighted by atomic mass is 10.3. The van der Waals surface area contributed by atoms with Crippen LogP contribution in [0.4, 0.5) is 4.79 Å². The van der Waals surface area contributed by atoms with Crippen LogP contribution in [0.3, 0.4) is 0 Å². The van der Waals surface area contributed by atoms with Gasteiger partial charge in [-0.1, -0.05) is 6.92 Å². The van der Waals surface area contributed by atoms with Crippen LogP contribution in [0.2, 0.25) is 0 Å².